The summed E-state index contributed by atoms with van der Waals surface area (Å²) < 4.78 is 5.30. The fraction of sp³-hybridized carbons (Fsp3) is 0.692. The predicted molar refractivity (Wildman–Crippen MR) is 71.7 cm³/mol. The third kappa shape index (κ3) is 3.70. The van der Waals surface area contributed by atoms with Crippen LogP contribution >= 0.6 is 11.3 Å². The fourth-order valence-corrected chi connectivity index (χ4v) is 2.68. The number of ether oxygens (including phenoxy) is 1. The second kappa shape index (κ2) is 4.88. The van der Waals surface area contributed by atoms with E-state index in [9.17, 15) is 4.79 Å². The van der Waals surface area contributed by atoms with E-state index < -0.39 is 5.60 Å². The fourth-order valence-electron chi connectivity index (χ4n) is 1.76. The van der Waals surface area contributed by atoms with Crippen molar-refractivity contribution < 1.29 is 9.53 Å². The molecule has 1 atom stereocenters. The zero-order valence-corrected chi connectivity index (χ0v) is 12.1. The molecule has 1 aromatic heterocycles. The Kier molecular flexibility index (Phi) is 3.61. The van der Waals surface area contributed by atoms with Crippen LogP contribution in [0.1, 0.15) is 49.5 Å². The van der Waals surface area contributed by atoms with Gasteiger partial charge in [0, 0.05) is 11.1 Å². The molecule has 1 aliphatic rings. The van der Waals surface area contributed by atoms with Crippen LogP contribution in [0.3, 0.4) is 0 Å². The van der Waals surface area contributed by atoms with Gasteiger partial charge >= 0.3 is 6.09 Å². The maximum atomic E-state index is 11.8. The number of hydrogen-bond acceptors (Lipinski definition) is 4. The molecule has 1 amide bonds. The quantitative estimate of drug-likeness (QED) is 0.913. The lowest BCUT2D eigenvalue weighted by atomic mass is 10.2. The van der Waals surface area contributed by atoms with Crippen LogP contribution in [-0.4, -0.2) is 16.7 Å². The summed E-state index contributed by atoms with van der Waals surface area (Å²) in [5.41, 5.74) is -0.461. The molecule has 0 saturated heterocycles. The minimum absolute atomic E-state index is 0.0125. The van der Waals surface area contributed by atoms with Crippen molar-refractivity contribution in [2.75, 3.05) is 0 Å². The zero-order chi connectivity index (χ0) is 13.3. The molecule has 0 aliphatic heterocycles. The van der Waals surface area contributed by atoms with Gasteiger partial charge in [0.2, 0.25) is 0 Å². The lowest BCUT2D eigenvalue weighted by molar-refractivity contribution is 0.0497. The van der Waals surface area contributed by atoms with Gasteiger partial charge in [0.1, 0.15) is 10.6 Å². The third-order valence-electron chi connectivity index (χ3n) is 2.67. The van der Waals surface area contributed by atoms with Crippen molar-refractivity contribution in [2.45, 2.75) is 52.2 Å². The van der Waals surface area contributed by atoms with Crippen molar-refractivity contribution in [1.82, 2.24) is 10.3 Å². The number of hydrogen-bond donors (Lipinski definition) is 1. The molecule has 1 saturated carbocycles. The number of aryl methyl sites for hydroxylation is 1. The highest BCUT2D eigenvalue weighted by atomic mass is 32.1. The van der Waals surface area contributed by atoms with Crippen LogP contribution < -0.4 is 5.32 Å². The third-order valence-corrected chi connectivity index (χ3v) is 3.67. The number of carbonyl (C=O) groups excluding carboxylic acids is 1. The van der Waals surface area contributed by atoms with Crippen LogP contribution in [-0.2, 0) is 4.74 Å². The second-order valence-corrected chi connectivity index (χ2v) is 7.04. The van der Waals surface area contributed by atoms with E-state index in [-0.39, 0.29) is 12.1 Å². The molecule has 0 bridgehead atoms. The number of amides is 1. The van der Waals surface area contributed by atoms with Gasteiger partial charge in [-0.05, 0) is 46.5 Å². The van der Waals surface area contributed by atoms with E-state index in [0.29, 0.717) is 5.92 Å². The second-order valence-electron chi connectivity index (χ2n) is 5.77. The van der Waals surface area contributed by atoms with Gasteiger partial charge in [-0.15, -0.1) is 11.3 Å². The van der Waals surface area contributed by atoms with Crippen LogP contribution in [0, 0.1) is 12.8 Å². The normalized spacial score (nSPS) is 17.3. The minimum atomic E-state index is -0.461. The van der Waals surface area contributed by atoms with E-state index in [2.05, 4.69) is 10.3 Å². The lowest BCUT2D eigenvalue weighted by Gasteiger charge is -2.22. The molecule has 18 heavy (non-hydrogen) atoms. The SMILES string of the molecule is Cc1cnc([C@H](NC(=O)OC(C)(C)C)C2CC2)s1. The Morgan fingerprint density at radius 2 is 2.22 bits per heavy atom. The number of nitrogens with zero attached hydrogens (tertiary/aromatic N) is 1. The number of aromatic nitrogens is 1. The average Bonchev–Trinajstić information content (AvgIpc) is 2.95. The monoisotopic (exact) mass is 268 g/mol. The Hall–Kier alpha value is -1.10. The van der Waals surface area contributed by atoms with Crippen molar-refractivity contribution >= 4 is 17.4 Å². The molecule has 0 aromatic carbocycles. The summed E-state index contributed by atoms with van der Waals surface area (Å²) in [5, 5.41) is 3.94. The van der Waals surface area contributed by atoms with Gasteiger partial charge in [0.05, 0.1) is 6.04 Å². The smallest absolute Gasteiger partial charge is 0.408 e. The van der Waals surface area contributed by atoms with Gasteiger partial charge in [-0.2, -0.15) is 0 Å². The van der Waals surface area contributed by atoms with Gasteiger partial charge < -0.3 is 10.1 Å². The van der Waals surface area contributed by atoms with Crippen molar-refractivity contribution in [3.8, 4) is 0 Å². The van der Waals surface area contributed by atoms with Crippen LogP contribution in [0.2, 0.25) is 0 Å². The Bertz CT molecular complexity index is 432. The Balaban J connectivity index is 2.01. The number of nitrogens with one attached hydrogen (secondary N) is 1. The Morgan fingerprint density at radius 3 is 2.67 bits per heavy atom. The summed E-state index contributed by atoms with van der Waals surface area (Å²) in [4.78, 5) is 17.4. The van der Waals surface area contributed by atoms with Crippen LogP contribution in [0.25, 0.3) is 0 Å². The van der Waals surface area contributed by atoms with Crippen molar-refractivity contribution in [2.24, 2.45) is 5.92 Å². The molecule has 1 aromatic rings. The predicted octanol–water partition coefficient (Wildman–Crippen LogP) is 3.43. The summed E-state index contributed by atoms with van der Waals surface area (Å²) in [6.45, 7) is 7.63. The summed E-state index contributed by atoms with van der Waals surface area (Å²) >= 11 is 1.64. The summed E-state index contributed by atoms with van der Waals surface area (Å²) in [7, 11) is 0. The average molecular weight is 268 g/mol. The number of alkyl carbamates (subject to hydrolysis) is 1. The summed E-state index contributed by atoms with van der Waals surface area (Å²) in [5.74, 6) is 0.517. The number of thiazole rings is 1. The van der Waals surface area contributed by atoms with Crippen molar-refractivity contribution in [3.63, 3.8) is 0 Å². The molecule has 100 valence electrons. The molecule has 0 unspecified atom stereocenters. The molecule has 1 fully saturated rings. The largest absolute Gasteiger partial charge is 0.444 e. The first-order valence-electron chi connectivity index (χ1n) is 6.27. The van der Waals surface area contributed by atoms with Crippen LogP contribution in [0.5, 0.6) is 0 Å². The molecule has 4 nitrogen and oxygen atoms in total. The molecule has 2 rings (SSSR count). The molecular weight excluding hydrogens is 248 g/mol. The van der Waals surface area contributed by atoms with E-state index in [1.54, 1.807) is 11.3 Å². The Morgan fingerprint density at radius 1 is 1.56 bits per heavy atom. The van der Waals surface area contributed by atoms with E-state index in [1.165, 1.54) is 4.88 Å². The summed E-state index contributed by atoms with van der Waals surface area (Å²) in [6.07, 6.45) is 3.80. The zero-order valence-electron chi connectivity index (χ0n) is 11.3. The van der Waals surface area contributed by atoms with Gasteiger partial charge in [-0.1, -0.05) is 0 Å². The minimum Gasteiger partial charge on any atom is -0.444 e. The summed E-state index contributed by atoms with van der Waals surface area (Å²) in [6, 6.07) is 0.0125. The highest BCUT2D eigenvalue weighted by Gasteiger charge is 2.36. The van der Waals surface area contributed by atoms with Crippen LogP contribution in [0.15, 0.2) is 6.20 Å². The lowest BCUT2D eigenvalue weighted by Crippen LogP contribution is -2.35. The molecular formula is C13H20N2O2S. The molecule has 1 N–H and O–H groups in total. The van der Waals surface area contributed by atoms with E-state index >= 15 is 0 Å². The molecule has 5 heteroatoms. The topological polar surface area (TPSA) is 51.2 Å². The standard InChI is InChI=1S/C13H20N2O2S/c1-8-7-14-11(18-8)10(9-5-6-9)15-12(16)17-13(2,3)4/h7,9-10H,5-6H2,1-4H3,(H,15,16)/t10-/m1/s1. The molecule has 1 heterocycles. The van der Waals surface area contributed by atoms with Gasteiger partial charge in [0.15, 0.2) is 0 Å². The maximum Gasteiger partial charge on any atom is 0.408 e. The number of carbonyl (C=O) groups is 1. The van der Waals surface area contributed by atoms with Gasteiger partial charge in [0.25, 0.3) is 0 Å². The molecule has 0 radical (unpaired) electrons. The molecule has 1 aliphatic carbocycles. The highest BCUT2D eigenvalue weighted by Crippen LogP contribution is 2.42. The van der Waals surface area contributed by atoms with Crippen LogP contribution in [0.4, 0.5) is 4.79 Å². The van der Waals surface area contributed by atoms with Crippen molar-refractivity contribution in [1.29, 1.82) is 0 Å². The van der Waals surface area contributed by atoms with Gasteiger partial charge in [-0.3, -0.25) is 0 Å². The van der Waals surface area contributed by atoms with E-state index in [4.69, 9.17) is 4.74 Å². The van der Waals surface area contributed by atoms with Gasteiger partial charge in [-0.25, -0.2) is 9.78 Å². The first-order valence-corrected chi connectivity index (χ1v) is 7.08. The molecule has 0 spiro atoms. The van der Waals surface area contributed by atoms with E-state index in [1.807, 2.05) is 33.9 Å². The first kappa shape index (κ1) is 13.3. The Labute approximate surface area is 112 Å². The highest BCUT2D eigenvalue weighted by molar-refractivity contribution is 7.11. The van der Waals surface area contributed by atoms with E-state index in [0.717, 1.165) is 17.8 Å². The number of rotatable bonds is 3. The van der Waals surface area contributed by atoms with Crippen molar-refractivity contribution in [3.05, 3.63) is 16.1 Å². The maximum absolute atomic E-state index is 11.8. The first-order chi connectivity index (χ1) is 8.35.